The quantitative estimate of drug-likeness (QED) is 0.720. The van der Waals surface area contributed by atoms with Crippen molar-refractivity contribution in [2.75, 3.05) is 6.54 Å². The van der Waals surface area contributed by atoms with Crippen molar-refractivity contribution in [1.29, 1.82) is 0 Å². The molecule has 1 aromatic carbocycles. The first-order valence-corrected chi connectivity index (χ1v) is 9.83. The molecule has 7 heteroatoms. The first kappa shape index (κ1) is 19.1. The van der Waals surface area contributed by atoms with Gasteiger partial charge in [-0.25, -0.2) is 9.97 Å². The lowest BCUT2D eigenvalue weighted by Crippen LogP contribution is -2.39. The highest BCUT2D eigenvalue weighted by Gasteiger charge is 2.30. The van der Waals surface area contributed by atoms with Crippen LogP contribution in [0.15, 0.2) is 34.9 Å². The third-order valence-electron chi connectivity index (χ3n) is 5.35. The summed E-state index contributed by atoms with van der Waals surface area (Å²) in [5, 5.41) is 13.5. The Kier molecular flexibility index (Phi) is 5.05. The summed E-state index contributed by atoms with van der Waals surface area (Å²) >= 11 is 0. The SMILES string of the molecule is Cc1cc([C@@H]2CCCCN2C(=O)c2ccc(O)cc2)nc(-c2c(C)noc2C)n1. The molecule has 4 rings (SSSR count). The Labute approximate surface area is 169 Å². The van der Waals surface area contributed by atoms with Gasteiger partial charge < -0.3 is 14.5 Å². The minimum atomic E-state index is -0.119. The van der Waals surface area contributed by atoms with Crippen LogP contribution in [0.1, 0.15) is 58.5 Å². The third kappa shape index (κ3) is 3.72. The second-order valence-electron chi connectivity index (χ2n) is 7.51. The summed E-state index contributed by atoms with van der Waals surface area (Å²) in [6.07, 6.45) is 2.84. The van der Waals surface area contributed by atoms with Gasteiger partial charge in [0, 0.05) is 17.8 Å². The lowest BCUT2D eigenvalue weighted by molar-refractivity contribution is 0.0606. The molecule has 150 valence electrons. The topological polar surface area (TPSA) is 92.4 Å². The van der Waals surface area contributed by atoms with Gasteiger partial charge in [-0.3, -0.25) is 4.79 Å². The first-order valence-electron chi connectivity index (χ1n) is 9.83. The van der Waals surface area contributed by atoms with Crippen molar-refractivity contribution in [2.24, 2.45) is 0 Å². The molecule has 1 aliphatic heterocycles. The van der Waals surface area contributed by atoms with Crippen LogP contribution in [0.4, 0.5) is 0 Å². The fourth-order valence-electron chi connectivity index (χ4n) is 3.93. The Morgan fingerprint density at radius 2 is 1.90 bits per heavy atom. The van der Waals surface area contributed by atoms with Crippen molar-refractivity contribution in [3.8, 4) is 17.1 Å². The van der Waals surface area contributed by atoms with Crippen molar-refractivity contribution >= 4 is 5.91 Å². The molecule has 0 aliphatic carbocycles. The van der Waals surface area contributed by atoms with E-state index in [0.717, 1.165) is 41.9 Å². The van der Waals surface area contributed by atoms with E-state index >= 15 is 0 Å². The van der Waals surface area contributed by atoms with Gasteiger partial charge in [-0.15, -0.1) is 0 Å². The molecule has 0 bridgehead atoms. The van der Waals surface area contributed by atoms with E-state index in [0.29, 0.717) is 23.7 Å². The highest BCUT2D eigenvalue weighted by atomic mass is 16.5. The lowest BCUT2D eigenvalue weighted by atomic mass is 9.97. The smallest absolute Gasteiger partial charge is 0.254 e. The summed E-state index contributed by atoms with van der Waals surface area (Å²) in [5.41, 5.74) is 3.79. The largest absolute Gasteiger partial charge is 0.508 e. The van der Waals surface area contributed by atoms with Crippen molar-refractivity contribution < 1.29 is 14.4 Å². The zero-order valence-corrected chi connectivity index (χ0v) is 16.8. The standard InChI is InChI=1S/C22H24N4O3/c1-13-12-18(24-21(23-13)20-14(2)25-29-15(20)3)19-6-4-5-11-26(19)22(28)16-7-9-17(27)10-8-16/h7-10,12,19,27H,4-6,11H2,1-3H3/t19-/m0/s1. The minimum absolute atomic E-state index is 0.0511. The summed E-state index contributed by atoms with van der Waals surface area (Å²) in [7, 11) is 0. The number of benzene rings is 1. The van der Waals surface area contributed by atoms with E-state index in [9.17, 15) is 9.90 Å². The number of nitrogens with zero attached hydrogens (tertiary/aromatic N) is 4. The minimum Gasteiger partial charge on any atom is -0.508 e. The van der Waals surface area contributed by atoms with E-state index in [1.54, 1.807) is 12.1 Å². The van der Waals surface area contributed by atoms with E-state index in [-0.39, 0.29) is 17.7 Å². The van der Waals surface area contributed by atoms with E-state index in [1.165, 1.54) is 12.1 Å². The highest BCUT2D eigenvalue weighted by Crippen LogP contribution is 2.33. The number of aryl methyl sites for hydroxylation is 3. The monoisotopic (exact) mass is 392 g/mol. The molecular formula is C22H24N4O3. The summed E-state index contributed by atoms with van der Waals surface area (Å²) in [4.78, 5) is 24.5. The Balaban J connectivity index is 1.72. The molecule has 1 aliphatic rings. The molecule has 1 fully saturated rings. The second kappa shape index (κ2) is 7.66. The number of aromatic nitrogens is 3. The van der Waals surface area contributed by atoms with Gasteiger partial charge in [-0.2, -0.15) is 0 Å². The number of phenols is 1. The molecular weight excluding hydrogens is 368 g/mol. The number of carbonyl (C=O) groups is 1. The van der Waals surface area contributed by atoms with Crippen LogP contribution >= 0.6 is 0 Å². The van der Waals surface area contributed by atoms with Crippen LogP contribution in [0.25, 0.3) is 11.4 Å². The molecule has 0 saturated carbocycles. The van der Waals surface area contributed by atoms with Crippen LogP contribution in [-0.4, -0.2) is 37.6 Å². The molecule has 1 saturated heterocycles. The first-order chi connectivity index (χ1) is 13.9. The highest BCUT2D eigenvalue weighted by molar-refractivity contribution is 5.94. The van der Waals surface area contributed by atoms with Crippen molar-refractivity contribution in [3.05, 3.63) is 58.7 Å². The molecule has 0 unspecified atom stereocenters. The van der Waals surface area contributed by atoms with Gasteiger partial charge >= 0.3 is 0 Å². The molecule has 2 aromatic heterocycles. The summed E-state index contributed by atoms with van der Waals surface area (Å²) in [6, 6.07) is 8.22. The van der Waals surface area contributed by atoms with Crippen LogP contribution in [-0.2, 0) is 0 Å². The third-order valence-corrected chi connectivity index (χ3v) is 5.35. The Hall–Kier alpha value is -3.22. The van der Waals surface area contributed by atoms with Crippen molar-refractivity contribution in [2.45, 2.75) is 46.1 Å². The number of hydrogen-bond donors (Lipinski definition) is 1. The van der Waals surface area contributed by atoms with E-state index in [2.05, 4.69) is 10.1 Å². The maximum atomic E-state index is 13.2. The molecule has 29 heavy (non-hydrogen) atoms. The van der Waals surface area contributed by atoms with Gasteiger partial charge in [0.1, 0.15) is 11.5 Å². The van der Waals surface area contributed by atoms with Crippen LogP contribution in [0.5, 0.6) is 5.75 Å². The van der Waals surface area contributed by atoms with Gasteiger partial charge in [0.15, 0.2) is 5.82 Å². The zero-order valence-electron chi connectivity index (χ0n) is 16.8. The Bertz CT molecular complexity index is 1020. The lowest BCUT2D eigenvalue weighted by Gasteiger charge is -2.35. The number of rotatable bonds is 3. The number of aromatic hydroxyl groups is 1. The average molecular weight is 392 g/mol. The number of likely N-dealkylation sites (tertiary alicyclic amines) is 1. The van der Waals surface area contributed by atoms with Crippen LogP contribution < -0.4 is 0 Å². The van der Waals surface area contributed by atoms with Crippen LogP contribution in [0.2, 0.25) is 0 Å². The van der Waals surface area contributed by atoms with Gasteiger partial charge in [-0.05, 0) is 70.4 Å². The Morgan fingerprint density at radius 3 is 2.59 bits per heavy atom. The summed E-state index contributed by atoms with van der Waals surface area (Å²) < 4.78 is 5.29. The van der Waals surface area contributed by atoms with Gasteiger partial charge in [-0.1, -0.05) is 5.16 Å². The van der Waals surface area contributed by atoms with E-state index in [4.69, 9.17) is 9.51 Å². The number of amides is 1. The Morgan fingerprint density at radius 1 is 1.14 bits per heavy atom. The molecule has 3 heterocycles. The molecule has 3 aromatic rings. The fraction of sp³-hybridized carbons (Fsp3) is 0.364. The zero-order chi connectivity index (χ0) is 20.5. The number of hydrogen-bond acceptors (Lipinski definition) is 6. The number of carbonyl (C=O) groups excluding carboxylic acids is 1. The van der Waals surface area contributed by atoms with Crippen molar-refractivity contribution in [1.82, 2.24) is 20.0 Å². The van der Waals surface area contributed by atoms with Crippen molar-refractivity contribution in [3.63, 3.8) is 0 Å². The number of piperidine rings is 1. The predicted octanol–water partition coefficient (Wildman–Crippen LogP) is 4.13. The fourth-order valence-corrected chi connectivity index (χ4v) is 3.93. The van der Waals surface area contributed by atoms with Crippen LogP contribution in [0.3, 0.4) is 0 Å². The average Bonchev–Trinajstić information content (AvgIpc) is 3.05. The summed E-state index contributed by atoms with van der Waals surface area (Å²) in [5.74, 6) is 1.36. The maximum absolute atomic E-state index is 13.2. The normalized spacial score (nSPS) is 16.8. The maximum Gasteiger partial charge on any atom is 0.254 e. The van der Waals surface area contributed by atoms with Gasteiger partial charge in [0.05, 0.1) is 23.0 Å². The second-order valence-corrected chi connectivity index (χ2v) is 7.51. The van der Waals surface area contributed by atoms with Gasteiger partial charge in [0.25, 0.3) is 5.91 Å². The molecule has 1 amide bonds. The molecule has 7 nitrogen and oxygen atoms in total. The molecule has 1 atom stereocenters. The molecule has 1 N–H and O–H groups in total. The van der Waals surface area contributed by atoms with Crippen LogP contribution in [0, 0.1) is 20.8 Å². The summed E-state index contributed by atoms with van der Waals surface area (Å²) in [6.45, 7) is 6.33. The molecule has 0 radical (unpaired) electrons. The van der Waals surface area contributed by atoms with E-state index < -0.39 is 0 Å². The molecule has 0 spiro atoms. The van der Waals surface area contributed by atoms with Gasteiger partial charge in [0.2, 0.25) is 0 Å². The van der Waals surface area contributed by atoms with E-state index in [1.807, 2.05) is 31.7 Å². The number of phenolic OH excluding ortho intramolecular Hbond substituents is 1. The predicted molar refractivity (Wildman–Crippen MR) is 107 cm³/mol.